The summed E-state index contributed by atoms with van der Waals surface area (Å²) < 4.78 is 11.4. The Hall–Kier alpha value is 0.170. The van der Waals surface area contributed by atoms with Crippen molar-refractivity contribution in [2.75, 3.05) is 46.1 Å². The summed E-state index contributed by atoms with van der Waals surface area (Å²) in [5.74, 6) is 0. The number of likely N-dealkylation sites (tertiary alicyclic amines) is 1. The van der Waals surface area contributed by atoms with Gasteiger partial charge >= 0.3 is 0 Å². The molecule has 1 N–H and O–H groups in total. The van der Waals surface area contributed by atoms with Crippen LogP contribution in [0.5, 0.6) is 0 Å². The second-order valence-electron chi connectivity index (χ2n) is 7.47. The Balaban J connectivity index is 0.00000576. The Morgan fingerprint density at radius 3 is 1.72 bits per heavy atom. The summed E-state index contributed by atoms with van der Waals surface area (Å²) >= 11 is 0. The van der Waals surface area contributed by atoms with Crippen LogP contribution in [0.25, 0.3) is 0 Å². The average molecular weight is 378 g/mol. The van der Waals surface area contributed by atoms with E-state index in [2.05, 4.69) is 6.92 Å². The fourth-order valence-corrected chi connectivity index (χ4v) is 3.53. The first-order chi connectivity index (χ1) is 11.9. The topological polar surface area (TPSA) is 22.9 Å². The van der Waals surface area contributed by atoms with E-state index < -0.39 is 0 Å². The number of halogens is 1. The number of hydrogen-bond donors (Lipinski definition) is 1. The molecule has 0 saturated carbocycles. The molecule has 0 atom stereocenters. The monoisotopic (exact) mass is 377 g/mol. The maximum Gasteiger partial charge on any atom is 0.101 e. The van der Waals surface area contributed by atoms with Gasteiger partial charge in [-0.25, -0.2) is 0 Å². The van der Waals surface area contributed by atoms with E-state index in [1.54, 1.807) is 4.90 Å². The van der Waals surface area contributed by atoms with E-state index in [0.29, 0.717) is 0 Å². The Morgan fingerprint density at radius 1 is 0.600 bits per heavy atom. The highest BCUT2D eigenvalue weighted by Gasteiger charge is 2.12. The first-order valence-electron chi connectivity index (χ1n) is 10.9. The highest BCUT2D eigenvalue weighted by molar-refractivity contribution is 4.48. The number of hydrogen-bond acceptors (Lipinski definition) is 2. The van der Waals surface area contributed by atoms with Gasteiger partial charge in [-0.05, 0) is 25.7 Å². The third-order valence-electron chi connectivity index (χ3n) is 5.17. The fraction of sp³-hybridized carbons (Fsp3) is 1.00. The molecule has 0 unspecified atom stereocenters. The van der Waals surface area contributed by atoms with Crippen molar-refractivity contribution in [3.8, 4) is 0 Å². The summed E-state index contributed by atoms with van der Waals surface area (Å²) in [4.78, 5) is 1.73. The number of ether oxygens (including phenoxy) is 2. The van der Waals surface area contributed by atoms with Crippen molar-refractivity contribution in [2.24, 2.45) is 0 Å². The first kappa shape index (κ1) is 25.2. The van der Waals surface area contributed by atoms with Crippen LogP contribution in [-0.2, 0) is 9.47 Å². The Morgan fingerprint density at radius 2 is 1.12 bits per heavy atom. The van der Waals surface area contributed by atoms with Gasteiger partial charge in [0.2, 0.25) is 0 Å². The number of piperidine rings is 1. The van der Waals surface area contributed by atoms with E-state index in [0.717, 1.165) is 26.4 Å². The summed E-state index contributed by atoms with van der Waals surface area (Å²) in [5, 5.41) is 0. The van der Waals surface area contributed by atoms with Gasteiger partial charge in [-0.15, -0.1) is 0 Å². The Labute approximate surface area is 163 Å². The van der Waals surface area contributed by atoms with E-state index in [9.17, 15) is 0 Å². The van der Waals surface area contributed by atoms with E-state index in [1.165, 1.54) is 103 Å². The summed E-state index contributed by atoms with van der Waals surface area (Å²) in [6, 6.07) is 0. The molecule has 25 heavy (non-hydrogen) atoms. The second-order valence-corrected chi connectivity index (χ2v) is 7.47. The SMILES string of the molecule is CCCCCCCCCCCCOCCOCC[NH+]1CCCCC1.[Cl-]. The van der Waals surface area contributed by atoms with Gasteiger partial charge in [-0.1, -0.05) is 64.7 Å². The van der Waals surface area contributed by atoms with Gasteiger partial charge in [-0.3, -0.25) is 0 Å². The molecular weight excluding hydrogens is 334 g/mol. The van der Waals surface area contributed by atoms with Gasteiger partial charge in [0, 0.05) is 6.61 Å². The number of rotatable bonds is 17. The molecule has 4 heteroatoms. The van der Waals surface area contributed by atoms with Crippen LogP contribution in [0.3, 0.4) is 0 Å². The minimum atomic E-state index is 0. The molecule has 1 rings (SSSR count). The highest BCUT2D eigenvalue weighted by Crippen LogP contribution is 2.10. The van der Waals surface area contributed by atoms with Gasteiger partial charge in [0.05, 0.1) is 32.9 Å². The lowest BCUT2D eigenvalue weighted by Gasteiger charge is -2.23. The van der Waals surface area contributed by atoms with Crippen LogP contribution in [0, 0.1) is 0 Å². The van der Waals surface area contributed by atoms with Crippen molar-refractivity contribution in [3.05, 3.63) is 0 Å². The minimum Gasteiger partial charge on any atom is -1.00 e. The zero-order valence-electron chi connectivity index (χ0n) is 16.8. The quantitative estimate of drug-likeness (QED) is 0.382. The van der Waals surface area contributed by atoms with E-state index in [4.69, 9.17) is 9.47 Å². The van der Waals surface area contributed by atoms with Crippen molar-refractivity contribution in [2.45, 2.75) is 90.4 Å². The van der Waals surface area contributed by atoms with Crippen LogP contribution in [0.1, 0.15) is 90.4 Å². The molecule has 3 nitrogen and oxygen atoms in total. The minimum absolute atomic E-state index is 0. The van der Waals surface area contributed by atoms with Gasteiger partial charge in [0.15, 0.2) is 0 Å². The first-order valence-corrected chi connectivity index (χ1v) is 10.9. The van der Waals surface area contributed by atoms with Crippen molar-refractivity contribution < 1.29 is 26.8 Å². The summed E-state index contributed by atoms with van der Waals surface area (Å²) in [6.07, 6.45) is 18.1. The molecular formula is C21H44ClNO2. The van der Waals surface area contributed by atoms with Crippen molar-refractivity contribution >= 4 is 0 Å². The molecule has 1 fully saturated rings. The molecule has 1 saturated heterocycles. The molecule has 0 aromatic rings. The maximum atomic E-state index is 5.69. The average Bonchev–Trinajstić information content (AvgIpc) is 2.62. The predicted molar refractivity (Wildman–Crippen MR) is 103 cm³/mol. The van der Waals surface area contributed by atoms with Gasteiger partial charge in [0.1, 0.15) is 6.54 Å². The lowest BCUT2D eigenvalue weighted by Crippen LogP contribution is -3.13. The number of quaternary nitrogens is 1. The third kappa shape index (κ3) is 17.3. The fourth-order valence-electron chi connectivity index (χ4n) is 3.53. The zero-order valence-corrected chi connectivity index (χ0v) is 17.6. The van der Waals surface area contributed by atoms with Crippen LogP contribution in [-0.4, -0.2) is 46.1 Å². The van der Waals surface area contributed by atoms with Crippen LogP contribution >= 0.6 is 0 Å². The zero-order chi connectivity index (χ0) is 17.1. The predicted octanol–water partition coefficient (Wildman–Crippen LogP) is 1.01. The van der Waals surface area contributed by atoms with E-state index in [-0.39, 0.29) is 12.4 Å². The molecule has 1 aliphatic rings. The van der Waals surface area contributed by atoms with Crippen molar-refractivity contribution in [1.82, 2.24) is 0 Å². The van der Waals surface area contributed by atoms with Gasteiger partial charge in [0.25, 0.3) is 0 Å². The van der Waals surface area contributed by atoms with Crippen LogP contribution < -0.4 is 17.3 Å². The lowest BCUT2D eigenvalue weighted by molar-refractivity contribution is -0.905. The normalized spacial score (nSPS) is 15.2. The van der Waals surface area contributed by atoms with Crippen LogP contribution in [0.4, 0.5) is 0 Å². The third-order valence-corrected chi connectivity index (χ3v) is 5.17. The van der Waals surface area contributed by atoms with Crippen molar-refractivity contribution in [3.63, 3.8) is 0 Å². The van der Waals surface area contributed by atoms with Gasteiger partial charge in [-0.2, -0.15) is 0 Å². The molecule has 0 aliphatic carbocycles. The Kier molecular flexibility index (Phi) is 20.6. The smallest absolute Gasteiger partial charge is 0.101 e. The molecule has 1 aliphatic heterocycles. The Bertz CT molecular complexity index is 248. The molecule has 1 heterocycles. The molecule has 0 aromatic carbocycles. The molecule has 0 amide bonds. The molecule has 152 valence electrons. The molecule has 0 bridgehead atoms. The summed E-state index contributed by atoms with van der Waals surface area (Å²) in [5.41, 5.74) is 0. The molecule has 0 spiro atoms. The lowest BCUT2D eigenvalue weighted by atomic mass is 10.1. The standard InChI is InChI=1S/C21H43NO2.ClH/c1-2-3-4-5-6-7-8-9-10-14-18-23-20-21-24-19-17-22-15-12-11-13-16-22;/h2-21H2,1H3;1H. The summed E-state index contributed by atoms with van der Waals surface area (Å²) in [6.45, 7) is 9.51. The van der Waals surface area contributed by atoms with Crippen molar-refractivity contribution in [1.29, 1.82) is 0 Å². The van der Waals surface area contributed by atoms with E-state index in [1.807, 2.05) is 0 Å². The second kappa shape index (κ2) is 20.5. The maximum absolute atomic E-state index is 5.69. The highest BCUT2D eigenvalue weighted by atomic mass is 35.5. The summed E-state index contributed by atoms with van der Waals surface area (Å²) in [7, 11) is 0. The van der Waals surface area contributed by atoms with Gasteiger partial charge < -0.3 is 26.8 Å². The molecule has 0 radical (unpaired) electrons. The van der Waals surface area contributed by atoms with Crippen LogP contribution in [0.2, 0.25) is 0 Å². The molecule has 0 aromatic heterocycles. The van der Waals surface area contributed by atoms with Crippen LogP contribution in [0.15, 0.2) is 0 Å². The number of nitrogens with one attached hydrogen (secondary N) is 1. The largest absolute Gasteiger partial charge is 1.00 e. The van der Waals surface area contributed by atoms with E-state index >= 15 is 0 Å². The number of unbranched alkanes of at least 4 members (excludes halogenated alkanes) is 9.